The molecule has 0 amide bonds. The van der Waals surface area contributed by atoms with Crippen LogP contribution >= 0.6 is 11.6 Å². The predicted molar refractivity (Wildman–Crippen MR) is 74.5 cm³/mol. The number of anilines is 1. The number of nitrogens with one attached hydrogen (secondary N) is 1. The SMILES string of the molecule is Clc1nc(NC2CC3CCC2O3)c2ccccc2n1. The van der Waals surface area contributed by atoms with Gasteiger partial charge in [0.2, 0.25) is 5.28 Å². The number of para-hydroxylation sites is 1. The van der Waals surface area contributed by atoms with E-state index >= 15 is 0 Å². The van der Waals surface area contributed by atoms with Gasteiger partial charge in [-0.25, -0.2) is 9.97 Å². The quantitative estimate of drug-likeness (QED) is 0.856. The average Bonchev–Trinajstić information content (AvgIpc) is 3.01. The Balaban J connectivity index is 1.70. The number of nitrogens with zero attached hydrogens (tertiary/aromatic N) is 2. The van der Waals surface area contributed by atoms with Gasteiger partial charge < -0.3 is 10.1 Å². The predicted octanol–water partition coefficient (Wildman–Crippen LogP) is 3.02. The van der Waals surface area contributed by atoms with Crippen LogP contribution in [-0.4, -0.2) is 28.2 Å². The van der Waals surface area contributed by atoms with Crippen molar-refractivity contribution >= 4 is 28.3 Å². The third kappa shape index (κ3) is 1.95. The summed E-state index contributed by atoms with van der Waals surface area (Å²) in [7, 11) is 0. The summed E-state index contributed by atoms with van der Waals surface area (Å²) in [5.74, 6) is 0.816. The number of aromatic nitrogens is 2. The summed E-state index contributed by atoms with van der Waals surface area (Å²) in [6.45, 7) is 0. The Morgan fingerprint density at radius 2 is 2.11 bits per heavy atom. The third-order valence-corrected chi connectivity index (χ3v) is 4.17. The van der Waals surface area contributed by atoms with Gasteiger partial charge in [-0.05, 0) is 43.0 Å². The number of benzene rings is 1. The summed E-state index contributed by atoms with van der Waals surface area (Å²) in [6.07, 6.45) is 4.12. The molecule has 4 nitrogen and oxygen atoms in total. The fourth-order valence-corrected chi connectivity index (χ4v) is 3.30. The molecule has 0 radical (unpaired) electrons. The molecule has 5 heteroatoms. The summed E-state index contributed by atoms with van der Waals surface area (Å²) < 4.78 is 5.86. The highest BCUT2D eigenvalue weighted by Crippen LogP contribution is 2.36. The van der Waals surface area contributed by atoms with Gasteiger partial charge in [0.1, 0.15) is 5.82 Å². The highest BCUT2D eigenvalue weighted by Gasteiger charge is 2.41. The number of halogens is 1. The van der Waals surface area contributed by atoms with Gasteiger partial charge in [0, 0.05) is 5.39 Å². The lowest BCUT2D eigenvalue weighted by Crippen LogP contribution is -2.30. The first kappa shape index (κ1) is 11.4. The number of hydrogen-bond donors (Lipinski definition) is 1. The van der Waals surface area contributed by atoms with E-state index in [4.69, 9.17) is 16.3 Å². The molecule has 4 rings (SSSR count). The van der Waals surface area contributed by atoms with Crippen LogP contribution in [-0.2, 0) is 4.74 Å². The van der Waals surface area contributed by atoms with Crippen molar-refractivity contribution in [3.05, 3.63) is 29.5 Å². The summed E-state index contributed by atoms with van der Waals surface area (Å²) >= 11 is 5.99. The Kier molecular flexibility index (Phi) is 2.60. The third-order valence-electron chi connectivity index (χ3n) is 4.00. The molecular formula is C14H14ClN3O. The van der Waals surface area contributed by atoms with E-state index in [9.17, 15) is 0 Å². The minimum Gasteiger partial charge on any atom is -0.373 e. The van der Waals surface area contributed by atoms with Crippen molar-refractivity contribution in [2.24, 2.45) is 0 Å². The number of rotatable bonds is 2. The van der Waals surface area contributed by atoms with E-state index in [0.717, 1.165) is 29.6 Å². The maximum Gasteiger partial charge on any atom is 0.224 e. The molecule has 2 aromatic rings. The lowest BCUT2D eigenvalue weighted by atomic mass is 9.95. The maximum absolute atomic E-state index is 5.99. The summed E-state index contributed by atoms with van der Waals surface area (Å²) in [5.41, 5.74) is 0.870. The Morgan fingerprint density at radius 1 is 1.21 bits per heavy atom. The van der Waals surface area contributed by atoms with Gasteiger partial charge in [-0.3, -0.25) is 0 Å². The molecule has 19 heavy (non-hydrogen) atoms. The van der Waals surface area contributed by atoms with Gasteiger partial charge in [0.25, 0.3) is 0 Å². The highest BCUT2D eigenvalue weighted by molar-refractivity contribution is 6.28. The minimum atomic E-state index is 0.283. The number of ether oxygens (including phenoxy) is 1. The Bertz CT molecular complexity index is 633. The second-order valence-corrected chi connectivity index (χ2v) is 5.56. The van der Waals surface area contributed by atoms with Crippen LogP contribution in [0.5, 0.6) is 0 Å². The molecular weight excluding hydrogens is 262 g/mol. The molecule has 0 saturated carbocycles. The van der Waals surface area contributed by atoms with Gasteiger partial charge in [-0.1, -0.05) is 12.1 Å². The molecule has 3 heterocycles. The normalized spacial score (nSPS) is 29.0. The zero-order valence-corrected chi connectivity index (χ0v) is 11.1. The van der Waals surface area contributed by atoms with Crippen LogP contribution in [0.25, 0.3) is 10.9 Å². The maximum atomic E-state index is 5.99. The largest absolute Gasteiger partial charge is 0.373 e. The summed E-state index contributed by atoms with van der Waals surface area (Å²) in [5, 5.41) is 4.79. The van der Waals surface area contributed by atoms with E-state index in [1.165, 1.54) is 6.42 Å². The first-order valence-corrected chi connectivity index (χ1v) is 7.02. The average molecular weight is 276 g/mol. The zero-order valence-electron chi connectivity index (χ0n) is 10.3. The molecule has 0 aliphatic carbocycles. The Morgan fingerprint density at radius 3 is 2.89 bits per heavy atom. The van der Waals surface area contributed by atoms with E-state index in [2.05, 4.69) is 15.3 Å². The molecule has 2 bridgehead atoms. The van der Waals surface area contributed by atoms with Crippen molar-refractivity contribution in [3.8, 4) is 0 Å². The molecule has 1 aromatic heterocycles. The van der Waals surface area contributed by atoms with Gasteiger partial charge in [0.05, 0.1) is 23.8 Å². The lowest BCUT2D eigenvalue weighted by Gasteiger charge is -2.21. The molecule has 98 valence electrons. The number of hydrogen-bond acceptors (Lipinski definition) is 4. The van der Waals surface area contributed by atoms with Crippen LogP contribution in [0.3, 0.4) is 0 Å². The van der Waals surface area contributed by atoms with Crippen LogP contribution in [0.15, 0.2) is 24.3 Å². The van der Waals surface area contributed by atoms with Crippen LogP contribution in [0.1, 0.15) is 19.3 Å². The minimum absolute atomic E-state index is 0.283. The summed E-state index contributed by atoms with van der Waals surface area (Å²) in [6, 6.07) is 8.25. The van der Waals surface area contributed by atoms with Crippen molar-refractivity contribution in [1.29, 1.82) is 0 Å². The van der Waals surface area contributed by atoms with Crippen molar-refractivity contribution in [1.82, 2.24) is 9.97 Å². The highest BCUT2D eigenvalue weighted by atomic mass is 35.5. The van der Waals surface area contributed by atoms with E-state index in [0.29, 0.717) is 18.2 Å². The topological polar surface area (TPSA) is 47.0 Å². The monoisotopic (exact) mass is 275 g/mol. The first-order valence-electron chi connectivity index (χ1n) is 6.64. The molecule has 3 atom stereocenters. The Hall–Kier alpha value is -1.39. The first-order chi connectivity index (χ1) is 9.29. The van der Waals surface area contributed by atoms with Crippen molar-refractivity contribution in [3.63, 3.8) is 0 Å². The van der Waals surface area contributed by atoms with E-state index < -0.39 is 0 Å². The van der Waals surface area contributed by atoms with Crippen molar-refractivity contribution < 1.29 is 4.74 Å². The van der Waals surface area contributed by atoms with Crippen molar-refractivity contribution in [2.45, 2.75) is 37.5 Å². The smallest absolute Gasteiger partial charge is 0.224 e. The van der Waals surface area contributed by atoms with Gasteiger partial charge in [-0.15, -0.1) is 0 Å². The van der Waals surface area contributed by atoms with Crippen molar-refractivity contribution in [2.75, 3.05) is 5.32 Å². The van der Waals surface area contributed by atoms with Crippen LogP contribution in [0, 0.1) is 0 Å². The van der Waals surface area contributed by atoms with Gasteiger partial charge in [-0.2, -0.15) is 0 Å². The molecule has 2 fully saturated rings. The lowest BCUT2D eigenvalue weighted by molar-refractivity contribution is 0.102. The van der Waals surface area contributed by atoms with E-state index in [1.807, 2.05) is 24.3 Å². The van der Waals surface area contributed by atoms with E-state index in [-0.39, 0.29) is 5.28 Å². The molecule has 2 aliphatic rings. The van der Waals surface area contributed by atoms with Gasteiger partial charge in [0.15, 0.2) is 0 Å². The number of fused-ring (bicyclic) bond motifs is 3. The Labute approximate surface area is 116 Å². The van der Waals surface area contributed by atoms with Crippen LogP contribution in [0.2, 0.25) is 5.28 Å². The standard InChI is InChI=1S/C14H14ClN3O/c15-14-17-10-4-2-1-3-9(10)13(18-14)16-11-7-8-5-6-12(11)19-8/h1-4,8,11-12H,5-7H2,(H,16,17,18). The molecule has 2 saturated heterocycles. The zero-order chi connectivity index (χ0) is 12.8. The molecule has 2 aliphatic heterocycles. The molecule has 3 unspecified atom stereocenters. The fourth-order valence-electron chi connectivity index (χ4n) is 3.12. The molecule has 1 aromatic carbocycles. The fraction of sp³-hybridized carbons (Fsp3) is 0.429. The van der Waals surface area contributed by atoms with E-state index in [1.54, 1.807) is 0 Å². The van der Waals surface area contributed by atoms with Crippen LogP contribution in [0.4, 0.5) is 5.82 Å². The van der Waals surface area contributed by atoms with Gasteiger partial charge >= 0.3 is 0 Å². The second kappa shape index (κ2) is 4.32. The molecule has 1 N–H and O–H groups in total. The summed E-state index contributed by atoms with van der Waals surface area (Å²) in [4.78, 5) is 8.58. The van der Waals surface area contributed by atoms with Crippen LogP contribution < -0.4 is 5.32 Å². The second-order valence-electron chi connectivity index (χ2n) is 5.22. The molecule has 0 spiro atoms.